The standard InChI is InChI=1S/C36H47FN6O8S/c37-28-13-8-9-22-19-42(21-27(22)28)35(48)51-25-17-30-31(44)40-36(33(46)41-52(49,50)26-15-16-26)18-23(36)10-4-2-1-3-5-14-29(32(45)43(30)20-25)39-34(47)38-24-11-6-7-12-24/h4,8-10,13,23-26,29-30H,1-3,5-7,11-12,14-21H2,(H,40,44)(H,41,46)(H2,38,39,47)/b10-4-/t23-,25-,29+,30+,36-/m1/s1. The number of sulfonamides is 1. The van der Waals surface area contributed by atoms with Crippen molar-refractivity contribution >= 4 is 39.9 Å². The highest BCUT2D eigenvalue weighted by atomic mass is 32.2. The first-order chi connectivity index (χ1) is 24.9. The predicted octanol–water partition coefficient (Wildman–Crippen LogP) is 2.86. The highest BCUT2D eigenvalue weighted by molar-refractivity contribution is 7.91. The van der Waals surface area contributed by atoms with Gasteiger partial charge in [0.1, 0.15) is 29.5 Å². The normalized spacial score (nSPS) is 30.2. The molecule has 3 heterocycles. The maximum absolute atomic E-state index is 14.4. The Labute approximate surface area is 302 Å². The van der Waals surface area contributed by atoms with E-state index in [-0.39, 0.29) is 38.5 Å². The zero-order chi connectivity index (χ0) is 36.6. The number of nitrogens with zero attached hydrogens (tertiary/aromatic N) is 2. The molecule has 1 aromatic carbocycles. The lowest BCUT2D eigenvalue weighted by Crippen LogP contribution is -2.59. The fraction of sp³-hybridized carbons (Fsp3) is 0.639. The molecule has 4 N–H and O–H groups in total. The van der Waals surface area contributed by atoms with Gasteiger partial charge in [-0.2, -0.15) is 0 Å². The van der Waals surface area contributed by atoms with Crippen LogP contribution in [0.4, 0.5) is 14.0 Å². The highest BCUT2D eigenvalue weighted by Gasteiger charge is 2.62. The number of urea groups is 1. The van der Waals surface area contributed by atoms with Gasteiger partial charge in [-0.1, -0.05) is 50.0 Å². The van der Waals surface area contributed by atoms with E-state index in [1.165, 1.54) is 15.9 Å². The minimum absolute atomic E-state index is 0.0124. The second-order valence-electron chi connectivity index (χ2n) is 15.1. The molecule has 3 saturated carbocycles. The van der Waals surface area contributed by atoms with E-state index in [9.17, 15) is 36.8 Å². The molecule has 1 aromatic rings. The Bertz CT molecular complexity index is 1750. The third-order valence-electron chi connectivity index (χ3n) is 11.3. The summed E-state index contributed by atoms with van der Waals surface area (Å²) >= 11 is 0. The summed E-state index contributed by atoms with van der Waals surface area (Å²) in [6.45, 7) is 0.000944. The lowest BCUT2D eigenvalue weighted by Gasteiger charge is -2.30. The van der Waals surface area contributed by atoms with Gasteiger partial charge in [-0.05, 0) is 63.0 Å². The van der Waals surface area contributed by atoms with Crippen molar-refractivity contribution in [3.8, 4) is 0 Å². The van der Waals surface area contributed by atoms with Crippen LogP contribution in [0.2, 0.25) is 0 Å². The van der Waals surface area contributed by atoms with Gasteiger partial charge < -0.3 is 25.6 Å². The molecule has 7 rings (SSSR count). The number of carbonyl (C=O) groups is 5. The Morgan fingerprint density at radius 1 is 0.962 bits per heavy atom. The van der Waals surface area contributed by atoms with E-state index in [1.54, 1.807) is 12.1 Å². The van der Waals surface area contributed by atoms with Crippen LogP contribution in [0.3, 0.4) is 0 Å². The van der Waals surface area contributed by atoms with Gasteiger partial charge in [0.15, 0.2) is 0 Å². The van der Waals surface area contributed by atoms with E-state index < -0.39 is 80.6 Å². The fourth-order valence-corrected chi connectivity index (χ4v) is 9.39. The highest BCUT2D eigenvalue weighted by Crippen LogP contribution is 2.46. The molecule has 3 aliphatic carbocycles. The summed E-state index contributed by atoms with van der Waals surface area (Å²) in [5.41, 5.74) is -0.474. The molecule has 4 fully saturated rings. The molecule has 0 spiro atoms. The van der Waals surface area contributed by atoms with Crippen LogP contribution in [-0.4, -0.2) is 89.6 Å². The first kappa shape index (κ1) is 36.2. The van der Waals surface area contributed by atoms with Crippen LogP contribution in [0.25, 0.3) is 0 Å². The summed E-state index contributed by atoms with van der Waals surface area (Å²) in [6, 6.07) is 2.01. The van der Waals surface area contributed by atoms with Crippen molar-refractivity contribution in [2.75, 3.05) is 6.54 Å². The fourth-order valence-electron chi connectivity index (χ4n) is 8.03. The molecule has 0 aromatic heterocycles. The van der Waals surface area contributed by atoms with E-state index >= 15 is 0 Å². The predicted molar refractivity (Wildman–Crippen MR) is 185 cm³/mol. The first-order valence-electron chi connectivity index (χ1n) is 18.6. The molecular formula is C36H47FN6O8S. The van der Waals surface area contributed by atoms with E-state index in [2.05, 4.69) is 20.7 Å². The Kier molecular flexibility index (Phi) is 10.2. The number of ether oxygens (including phenoxy) is 1. The van der Waals surface area contributed by atoms with Crippen LogP contribution < -0.4 is 20.7 Å². The number of fused-ring (bicyclic) bond motifs is 3. The molecule has 5 atom stereocenters. The molecule has 0 radical (unpaired) electrons. The Morgan fingerprint density at radius 2 is 1.73 bits per heavy atom. The van der Waals surface area contributed by atoms with Gasteiger partial charge in [0, 0.05) is 30.5 Å². The molecule has 282 valence electrons. The van der Waals surface area contributed by atoms with Gasteiger partial charge in [0.2, 0.25) is 21.8 Å². The molecule has 6 aliphatic rings. The average molecular weight is 743 g/mol. The maximum atomic E-state index is 14.4. The number of rotatable bonds is 6. The number of hydrogen-bond acceptors (Lipinski definition) is 8. The summed E-state index contributed by atoms with van der Waals surface area (Å²) in [5.74, 6) is -2.92. The van der Waals surface area contributed by atoms with E-state index in [4.69, 9.17) is 4.74 Å². The van der Waals surface area contributed by atoms with E-state index in [0.717, 1.165) is 38.5 Å². The van der Waals surface area contributed by atoms with Gasteiger partial charge >= 0.3 is 12.1 Å². The van der Waals surface area contributed by atoms with Crippen LogP contribution in [-0.2, 0) is 42.2 Å². The van der Waals surface area contributed by atoms with Crippen LogP contribution in [0, 0.1) is 11.7 Å². The third-order valence-corrected chi connectivity index (χ3v) is 13.1. The second-order valence-corrected chi connectivity index (χ2v) is 17.1. The van der Waals surface area contributed by atoms with Gasteiger partial charge in [0.05, 0.1) is 18.3 Å². The summed E-state index contributed by atoms with van der Waals surface area (Å²) in [4.78, 5) is 71.3. The van der Waals surface area contributed by atoms with E-state index in [1.807, 2.05) is 12.2 Å². The zero-order valence-electron chi connectivity index (χ0n) is 29.1. The molecule has 0 unspecified atom stereocenters. The summed E-state index contributed by atoms with van der Waals surface area (Å²) in [7, 11) is -3.91. The Hall–Kier alpha value is -4.21. The van der Waals surface area contributed by atoms with Crippen LogP contribution in [0.15, 0.2) is 30.4 Å². The summed E-state index contributed by atoms with van der Waals surface area (Å²) in [5, 5.41) is 7.97. The number of carbonyl (C=O) groups excluding carboxylic acids is 5. The van der Waals surface area contributed by atoms with Gasteiger partial charge in [0.25, 0.3) is 5.91 Å². The van der Waals surface area contributed by atoms with Crippen LogP contribution in [0.5, 0.6) is 0 Å². The molecular weight excluding hydrogens is 695 g/mol. The third kappa shape index (κ3) is 7.76. The minimum Gasteiger partial charge on any atom is -0.444 e. The molecule has 0 bridgehead atoms. The summed E-state index contributed by atoms with van der Waals surface area (Å²) < 4.78 is 48.0. The smallest absolute Gasteiger partial charge is 0.410 e. The van der Waals surface area contributed by atoms with Crippen molar-refractivity contribution in [2.45, 2.75) is 132 Å². The topological polar surface area (TPSA) is 183 Å². The average Bonchev–Trinajstić information content (AvgIpc) is 3.88. The number of hydrogen-bond donors (Lipinski definition) is 4. The number of amides is 6. The van der Waals surface area contributed by atoms with Crippen LogP contribution >= 0.6 is 0 Å². The number of halogens is 1. The molecule has 16 heteroatoms. The Balaban J connectivity index is 1.12. The Morgan fingerprint density at radius 3 is 2.48 bits per heavy atom. The second kappa shape index (κ2) is 14.7. The molecule has 3 aliphatic heterocycles. The number of allylic oxidation sites excluding steroid dienone is 1. The van der Waals surface area contributed by atoms with Crippen molar-refractivity contribution in [1.29, 1.82) is 0 Å². The van der Waals surface area contributed by atoms with Gasteiger partial charge in [-0.3, -0.25) is 24.0 Å². The zero-order valence-corrected chi connectivity index (χ0v) is 29.9. The summed E-state index contributed by atoms with van der Waals surface area (Å²) in [6.07, 6.45) is 10.0. The molecule has 1 saturated heterocycles. The van der Waals surface area contributed by atoms with Crippen molar-refractivity contribution in [2.24, 2.45) is 5.92 Å². The molecule has 6 amide bonds. The number of nitrogens with one attached hydrogen (secondary N) is 4. The monoisotopic (exact) mass is 742 g/mol. The van der Waals surface area contributed by atoms with Crippen molar-refractivity contribution in [3.05, 3.63) is 47.3 Å². The largest absolute Gasteiger partial charge is 0.444 e. The lowest BCUT2D eigenvalue weighted by molar-refractivity contribution is -0.141. The molecule has 14 nitrogen and oxygen atoms in total. The van der Waals surface area contributed by atoms with Crippen molar-refractivity contribution in [1.82, 2.24) is 30.5 Å². The van der Waals surface area contributed by atoms with Gasteiger partial charge in [-0.25, -0.2) is 22.4 Å². The molecule has 52 heavy (non-hydrogen) atoms. The minimum atomic E-state index is -3.91. The van der Waals surface area contributed by atoms with Crippen molar-refractivity contribution in [3.63, 3.8) is 0 Å². The number of benzene rings is 1. The van der Waals surface area contributed by atoms with Gasteiger partial charge in [-0.15, -0.1) is 0 Å². The SMILES string of the molecule is O=C(NC1CCCC1)N[C@H]1CCCCC/C=C\[C@@H]2C[C@@]2(C(=O)NS(=O)(=O)C2CC2)NC(=O)[C@@H]2C[C@@H](OC(=O)N3Cc4cccc(F)c4C3)CN2C1=O. The lowest BCUT2D eigenvalue weighted by atomic mass is 10.0. The van der Waals surface area contributed by atoms with Crippen LogP contribution in [0.1, 0.15) is 94.6 Å². The maximum Gasteiger partial charge on any atom is 0.410 e. The van der Waals surface area contributed by atoms with Crippen molar-refractivity contribution < 1.29 is 41.5 Å². The first-order valence-corrected chi connectivity index (χ1v) is 20.1. The quantitative estimate of drug-likeness (QED) is 0.321. The van der Waals surface area contributed by atoms with E-state index in [0.29, 0.717) is 43.2 Å².